The Kier molecular flexibility index (Phi) is 7.33. The Morgan fingerprint density at radius 2 is 1.57 bits per heavy atom. The number of rotatable bonds is 7. The molecule has 30 heavy (non-hydrogen) atoms. The lowest BCUT2D eigenvalue weighted by molar-refractivity contribution is -0.115. The third-order valence-electron chi connectivity index (χ3n) is 4.44. The molecule has 1 unspecified atom stereocenters. The van der Waals surface area contributed by atoms with Crippen LogP contribution in [0.3, 0.4) is 0 Å². The molecular formula is C23H21Cl2N3O2. The molecule has 0 radical (unpaired) electrons. The number of nitrogens with one attached hydrogen (secondary N) is 3. The first-order valence-electron chi connectivity index (χ1n) is 9.37. The highest BCUT2D eigenvalue weighted by molar-refractivity contribution is 6.36. The van der Waals surface area contributed by atoms with E-state index in [1.54, 1.807) is 18.2 Å². The molecule has 0 saturated carbocycles. The Morgan fingerprint density at radius 3 is 2.23 bits per heavy atom. The SMILES string of the molecule is CC(Nc1ccc(NC(=O)CNC(=O)c2ccc(Cl)cc2Cl)cc1)c1ccccc1. The zero-order valence-corrected chi connectivity index (χ0v) is 17.8. The number of carbonyl (C=O) groups is 2. The van der Waals surface area contributed by atoms with E-state index in [0.717, 1.165) is 5.69 Å². The van der Waals surface area contributed by atoms with Crippen LogP contribution >= 0.6 is 23.2 Å². The lowest BCUT2D eigenvalue weighted by atomic mass is 10.1. The third kappa shape index (κ3) is 5.99. The van der Waals surface area contributed by atoms with Crippen molar-refractivity contribution in [2.24, 2.45) is 0 Å². The molecule has 0 aromatic heterocycles. The molecule has 0 fully saturated rings. The maximum absolute atomic E-state index is 12.2. The molecule has 5 nitrogen and oxygen atoms in total. The van der Waals surface area contributed by atoms with Crippen molar-refractivity contribution >= 4 is 46.4 Å². The fraction of sp³-hybridized carbons (Fsp3) is 0.130. The molecule has 0 saturated heterocycles. The van der Waals surface area contributed by atoms with Crippen LogP contribution in [0.15, 0.2) is 72.8 Å². The van der Waals surface area contributed by atoms with E-state index in [4.69, 9.17) is 23.2 Å². The highest BCUT2D eigenvalue weighted by Crippen LogP contribution is 2.22. The van der Waals surface area contributed by atoms with Crippen LogP contribution in [-0.2, 0) is 4.79 Å². The van der Waals surface area contributed by atoms with Crippen molar-refractivity contribution in [2.45, 2.75) is 13.0 Å². The molecule has 0 heterocycles. The summed E-state index contributed by atoms with van der Waals surface area (Å²) in [5, 5.41) is 9.37. The van der Waals surface area contributed by atoms with Crippen molar-refractivity contribution in [3.63, 3.8) is 0 Å². The second-order valence-corrected chi connectivity index (χ2v) is 7.55. The van der Waals surface area contributed by atoms with E-state index in [-0.39, 0.29) is 29.1 Å². The fourth-order valence-electron chi connectivity index (χ4n) is 2.86. The molecule has 1 atom stereocenters. The topological polar surface area (TPSA) is 70.2 Å². The zero-order valence-electron chi connectivity index (χ0n) is 16.3. The highest BCUT2D eigenvalue weighted by atomic mass is 35.5. The van der Waals surface area contributed by atoms with Crippen molar-refractivity contribution in [2.75, 3.05) is 17.2 Å². The number of hydrogen-bond acceptors (Lipinski definition) is 3. The Morgan fingerprint density at radius 1 is 0.900 bits per heavy atom. The van der Waals surface area contributed by atoms with E-state index >= 15 is 0 Å². The van der Waals surface area contributed by atoms with Gasteiger partial charge in [0.2, 0.25) is 5.91 Å². The summed E-state index contributed by atoms with van der Waals surface area (Å²) >= 11 is 11.8. The van der Waals surface area contributed by atoms with Crippen LogP contribution in [0, 0.1) is 0 Å². The van der Waals surface area contributed by atoms with Crippen molar-refractivity contribution in [1.29, 1.82) is 0 Å². The molecule has 3 rings (SSSR count). The van der Waals surface area contributed by atoms with Gasteiger partial charge in [-0.25, -0.2) is 0 Å². The van der Waals surface area contributed by atoms with Gasteiger partial charge in [-0.3, -0.25) is 9.59 Å². The number of benzene rings is 3. The number of hydrogen-bond donors (Lipinski definition) is 3. The number of carbonyl (C=O) groups excluding carboxylic acids is 2. The molecule has 0 aliphatic carbocycles. The van der Waals surface area contributed by atoms with E-state index in [1.807, 2.05) is 30.3 Å². The maximum atomic E-state index is 12.2. The number of amides is 2. The molecule has 0 spiro atoms. The normalized spacial score (nSPS) is 11.4. The van der Waals surface area contributed by atoms with Crippen LogP contribution < -0.4 is 16.0 Å². The molecule has 0 aliphatic rings. The van der Waals surface area contributed by atoms with Crippen molar-refractivity contribution < 1.29 is 9.59 Å². The largest absolute Gasteiger partial charge is 0.379 e. The van der Waals surface area contributed by atoms with E-state index in [9.17, 15) is 9.59 Å². The molecule has 0 bridgehead atoms. The summed E-state index contributed by atoms with van der Waals surface area (Å²) in [5.74, 6) is -0.784. The first-order valence-corrected chi connectivity index (χ1v) is 10.1. The highest BCUT2D eigenvalue weighted by Gasteiger charge is 2.12. The van der Waals surface area contributed by atoms with Crippen LogP contribution in [0.1, 0.15) is 28.9 Å². The van der Waals surface area contributed by atoms with Gasteiger partial charge in [0.15, 0.2) is 0 Å². The summed E-state index contributed by atoms with van der Waals surface area (Å²) in [6.45, 7) is 1.91. The van der Waals surface area contributed by atoms with Crippen LogP contribution in [0.2, 0.25) is 10.0 Å². The summed E-state index contributed by atoms with van der Waals surface area (Å²) in [6, 6.07) is 22.2. The van der Waals surface area contributed by atoms with Gasteiger partial charge in [0.05, 0.1) is 17.1 Å². The van der Waals surface area contributed by atoms with Crippen molar-refractivity contribution in [1.82, 2.24) is 5.32 Å². The minimum atomic E-state index is -0.443. The molecule has 2 amide bonds. The van der Waals surface area contributed by atoms with E-state index in [1.165, 1.54) is 17.7 Å². The van der Waals surface area contributed by atoms with Gasteiger partial charge in [0, 0.05) is 22.4 Å². The van der Waals surface area contributed by atoms with Gasteiger partial charge >= 0.3 is 0 Å². The van der Waals surface area contributed by atoms with E-state index in [0.29, 0.717) is 10.7 Å². The quantitative estimate of drug-likeness (QED) is 0.450. The number of halogens is 2. The first kappa shape index (κ1) is 21.7. The van der Waals surface area contributed by atoms with Crippen LogP contribution in [0.25, 0.3) is 0 Å². The summed E-state index contributed by atoms with van der Waals surface area (Å²) in [7, 11) is 0. The molecule has 3 aromatic carbocycles. The van der Waals surface area contributed by atoms with Crippen LogP contribution in [0.5, 0.6) is 0 Å². The second kappa shape index (κ2) is 10.1. The Hall–Kier alpha value is -3.02. The molecule has 3 N–H and O–H groups in total. The average molecular weight is 442 g/mol. The van der Waals surface area contributed by atoms with Gasteiger partial charge in [-0.05, 0) is 55.0 Å². The monoisotopic (exact) mass is 441 g/mol. The van der Waals surface area contributed by atoms with Crippen LogP contribution in [-0.4, -0.2) is 18.4 Å². The van der Waals surface area contributed by atoms with Gasteiger partial charge in [-0.2, -0.15) is 0 Å². The summed E-state index contributed by atoms with van der Waals surface area (Å²) in [4.78, 5) is 24.3. The van der Waals surface area contributed by atoms with Crippen LogP contribution in [0.4, 0.5) is 11.4 Å². The molecule has 154 valence electrons. The third-order valence-corrected chi connectivity index (χ3v) is 4.98. The summed E-state index contributed by atoms with van der Waals surface area (Å²) in [6.07, 6.45) is 0. The Bertz CT molecular complexity index is 1020. The standard InChI is InChI=1S/C23H21Cl2N3O2/c1-15(16-5-3-2-4-6-16)27-18-8-10-19(11-9-18)28-22(29)14-26-23(30)20-12-7-17(24)13-21(20)25/h2-13,15,27H,14H2,1H3,(H,26,30)(H,28,29). The minimum absolute atomic E-state index is 0.154. The summed E-state index contributed by atoms with van der Waals surface area (Å²) in [5.41, 5.74) is 3.02. The van der Waals surface area contributed by atoms with Gasteiger partial charge in [-0.15, -0.1) is 0 Å². The average Bonchev–Trinajstić information content (AvgIpc) is 2.74. The van der Waals surface area contributed by atoms with Crippen molar-refractivity contribution in [3.8, 4) is 0 Å². The molecular weight excluding hydrogens is 421 g/mol. The molecule has 7 heteroatoms. The van der Waals surface area contributed by atoms with Crippen molar-refractivity contribution in [3.05, 3.63) is 94.0 Å². The lowest BCUT2D eigenvalue weighted by Crippen LogP contribution is -2.33. The minimum Gasteiger partial charge on any atom is -0.379 e. The Labute approximate surface area is 185 Å². The first-order chi connectivity index (χ1) is 14.4. The van der Waals surface area contributed by atoms with Gasteiger partial charge in [0.25, 0.3) is 5.91 Å². The smallest absolute Gasteiger partial charge is 0.253 e. The molecule has 0 aliphatic heterocycles. The van der Waals surface area contributed by atoms with Gasteiger partial charge < -0.3 is 16.0 Å². The fourth-order valence-corrected chi connectivity index (χ4v) is 3.35. The molecule has 3 aromatic rings. The van der Waals surface area contributed by atoms with Gasteiger partial charge in [0.1, 0.15) is 0 Å². The predicted octanol–water partition coefficient (Wildman–Crippen LogP) is 5.54. The van der Waals surface area contributed by atoms with Gasteiger partial charge in [-0.1, -0.05) is 53.5 Å². The second-order valence-electron chi connectivity index (χ2n) is 6.71. The maximum Gasteiger partial charge on any atom is 0.253 e. The lowest BCUT2D eigenvalue weighted by Gasteiger charge is -2.16. The van der Waals surface area contributed by atoms with E-state index in [2.05, 4.69) is 35.0 Å². The predicted molar refractivity (Wildman–Crippen MR) is 122 cm³/mol. The van der Waals surface area contributed by atoms with E-state index < -0.39 is 5.91 Å². The summed E-state index contributed by atoms with van der Waals surface area (Å²) < 4.78 is 0. The Balaban J connectivity index is 1.50. The zero-order chi connectivity index (χ0) is 21.5. The number of anilines is 2.